The smallest absolute Gasteiger partial charge is 0.159 e. The van der Waals surface area contributed by atoms with Crippen molar-refractivity contribution in [2.45, 2.75) is 26.7 Å². The fourth-order valence-corrected chi connectivity index (χ4v) is 1.89. The van der Waals surface area contributed by atoms with Gasteiger partial charge in [-0.1, -0.05) is 13.8 Å². The largest absolute Gasteiger partial charge is 0.295 e. The highest BCUT2D eigenvalue weighted by atomic mass is 16.1. The van der Waals surface area contributed by atoms with Gasteiger partial charge >= 0.3 is 0 Å². The molecule has 0 atom stereocenters. The Bertz CT molecular complexity index is 543. The number of Topliss-reactive ketones (excluding diaryl/α,β-unsaturated/α-hetero) is 1. The van der Waals surface area contributed by atoms with E-state index >= 15 is 0 Å². The van der Waals surface area contributed by atoms with Gasteiger partial charge in [0.2, 0.25) is 0 Å². The van der Waals surface area contributed by atoms with Crippen LogP contribution in [0.25, 0.3) is 10.9 Å². The Hall–Kier alpha value is -1.70. The monoisotopic (exact) mass is 213 g/mol. The first-order valence-corrected chi connectivity index (χ1v) is 5.49. The number of benzene rings is 1. The van der Waals surface area contributed by atoms with Crippen molar-refractivity contribution in [2.75, 3.05) is 0 Å². The van der Waals surface area contributed by atoms with Crippen LogP contribution in [0.1, 0.15) is 42.6 Å². The molecule has 0 aliphatic heterocycles. The van der Waals surface area contributed by atoms with Crippen molar-refractivity contribution in [2.24, 2.45) is 0 Å². The molecular formula is C14H15NO. The van der Waals surface area contributed by atoms with Crippen molar-refractivity contribution in [1.29, 1.82) is 0 Å². The van der Waals surface area contributed by atoms with Crippen LogP contribution in [-0.4, -0.2) is 10.8 Å². The van der Waals surface area contributed by atoms with E-state index < -0.39 is 0 Å². The van der Waals surface area contributed by atoms with Crippen molar-refractivity contribution < 1.29 is 4.79 Å². The van der Waals surface area contributed by atoms with Gasteiger partial charge in [0.1, 0.15) is 0 Å². The molecule has 0 N–H and O–H groups in total. The molecule has 0 amide bonds. The maximum Gasteiger partial charge on any atom is 0.159 e. The maximum absolute atomic E-state index is 11.3. The molecule has 16 heavy (non-hydrogen) atoms. The number of pyridine rings is 1. The van der Waals surface area contributed by atoms with Gasteiger partial charge < -0.3 is 0 Å². The van der Waals surface area contributed by atoms with E-state index in [1.54, 1.807) is 6.92 Å². The van der Waals surface area contributed by atoms with Crippen molar-refractivity contribution in [3.63, 3.8) is 0 Å². The zero-order valence-electron chi connectivity index (χ0n) is 9.82. The van der Waals surface area contributed by atoms with Crippen LogP contribution in [0.15, 0.2) is 30.5 Å². The molecule has 0 spiro atoms. The van der Waals surface area contributed by atoms with Crippen molar-refractivity contribution in [3.05, 3.63) is 41.6 Å². The van der Waals surface area contributed by atoms with Crippen LogP contribution in [0.3, 0.4) is 0 Å². The van der Waals surface area contributed by atoms with Gasteiger partial charge in [0, 0.05) is 17.1 Å². The van der Waals surface area contributed by atoms with Gasteiger partial charge in [-0.2, -0.15) is 0 Å². The minimum Gasteiger partial charge on any atom is -0.295 e. The predicted octanol–water partition coefficient (Wildman–Crippen LogP) is 3.56. The number of carbonyl (C=O) groups excluding carboxylic acids is 1. The van der Waals surface area contributed by atoms with Crippen LogP contribution in [-0.2, 0) is 0 Å². The average molecular weight is 213 g/mol. The van der Waals surface area contributed by atoms with Gasteiger partial charge in [0.15, 0.2) is 5.78 Å². The molecule has 2 aromatic rings. The molecule has 1 heterocycles. The zero-order chi connectivity index (χ0) is 11.7. The number of rotatable bonds is 2. The first-order chi connectivity index (χ1) is 7.59. The van der Waals surface area contributed by atoms with Crippen molar-refractivity contribution >= 4 is 16.7 Å². The summed E-state index contributed by atoms with van der Waals surface area (Å²) in [7, 11) is 0. The van der Waals surface area contributed by atoms with Crippen LogP contribution in [0.5, 0.6) is 0 Å². The van der Waals surface area contributed by atoms with E-state index in [0.29, 0.717) is 5.92 Å². The number of fused-ring (bicyclic) bond motifs is 1. The topological polar surface area (TPSA) is 30.0 Å². The van der Waals surface area contributed by atoms with Gasteiger partial charge in [-0.3, -0.25) is 9.78 Å². The van der Waals surface area contributed by atoms with Crippen LogP contribution >= 0.6 is 0 Å². The normalized spacial score (nSPS) is 11.0. The minimum atomic E-state index is 0.0976. The lowest BCUT2D eigenvalue weighted by Gasteiger charge is -2.09. The average Bonchev–Trinajstić information content (AvgIpc) is 2.27. The van der Waals surface area contributed by atoms with E-state index in [1.807, 2.05) is 30.5 Å². The number of carbonyl (C=O) groups is 1. The lowest BCUT2D eigenvalue weighted by Crippen LogP contribution is -1.95. The summed E-state index contributed by atoms with van der Waals surface area (Å²) in [6.45, 7) is 5.89. The van der Waals surface area contributed by atoms with Crippen molar-refractivity contribution in [1.82, 2.24) is 4.98 Å². The zero-order valence-corrected chi connectivity index (χ0v) is 9.82. The molecule has 2 heteroatoms. The molecule has 0 saturated carbocycles. The SMILES string of the molecule is CC(=O)c1ccc2nccc(C(C)C)c2c1. The van der Waals surface area contributed by atoms with E-state index in [-0.39, 0.29) is 5.78 Å². The number of hydrogen-bond donors (Lipinski definition) is 0. The van der Waals surface area contributed by atoms with E-state index in [0.717, 1.165) is 16.5 Å². The fraction of sp³-hybridized carbons (Fsp3) is 0.286. The van der Waals surface area contributed by atoms with Gasteiger partial charge in [-0.25, -0.2) is 0 Å². The van der Waals surface area contributed by atoms with Crippen LogP contribution in [0.4, 0.5) is 0 Å². The highest BCUT2D eigenvalue weighted by molar-refractivity contribution is 5.98. The lowest BCUT2D eigenvalue weighted by molar-refractivity contribution is 0.101. The fourth-order valence-electron chi connectivity index (χ4n) is 1.89. The molecule has 2 nitrogen and oxygen atoms in total. The van der Waals surface area contributed by atoms with E-state index in [4.69, 9.17) is 0 Å². The molecule has 0 unspecified atom stereocenters. The van der Waals surface area contributed by atoms with Gasteiger partial charge in [0.05, 0.1) is 5.52 Å². The van der Waals surface area contributed by atoms with E-state index in [2.05, 4.69) is 18.8 Å². The molecule has 1 aromatic heterocycles. The first kappa shape index (κ1) is 10.8. The van der Waals surface area contributed by atoms with Gasteiger partial charge in [0.25, 0.3) is 0 Å². The third kappa shape index (κ3) is 1.83. The van der Waals surface area contributed by atoms with Crippen molar-refractivity contribution in [3.8, 4) is 0 Å². The summed E-state index contributed by atoms with van der Waals surface area (Å²) in [6, 6.07) is 7.72. The molecule has 0 saturated heterocycles. The Morgan fingerprint density at radius 3 is 2.62 bits per heavy atom. The summed E-state index contributed by atoms with van der Waals surface area (Å²) < 4.78 is 0. The second-order valence-corrected chi connectivity index (χ2v) is 4.34. The molecule has 1 aromatic carbocycles. The summed E-state index contributed by atoms with van der Waals surface area (Å²) in [4.78, 5) is 15.7. The lowest BCUT2D eigenvalue weighted by atomic mass is 9.97. The molecule has 2 rings (SSSR count). The maximum atomic E-state index is 11.3. The molecule has 0 radical (unpaired) electrons. The number of hydrogen-bond acceptors (Lipinski definition) is 2. The van der Waals surface area contributed by atoms with E-state index in [1.165, 1.54) is 5.56 Å². The minimum absolute atomic E-state index is 0.0976. The summed E-state index contributed by atoms with van der Waals surface area (Å²) >= 11 is 0. The van der Waals surface area contributed by atoms with Gasteiger partial charge in [-0.15, -0.1) is 0 Å². The molecule has 0 aliphatic rings. The second-order valence-electron chi connectivity index (χ2n) is 4.34. The molecule has 0 fully saturated rings. The summed E-state index contributed by atoms with van der Waals surface area (Å²) in [5.41, 5.74) is 2.95. The summed E-state index contributed by atoms with van der Waals surface area (Å²) in [5.74, 6) is 0.535. The Labute approximate surface area is 95.3 Å². The van der Waals surface area contributed by atoms with E-state index in [9.17, 15) is 4.79 Å². The second kappa shape index (κ2) is 4.05. The predicted molar refractivity (Wildman–Crippen MR) is 65.8 cm³/mol. The summed E-state index contributed by atoms with van der Waals surface area (Å²) in [6.07, 6.45) is 1.82. The Morgan fingerprint density at radius 2 is 2.00 bits per heavy atom. The number of aromatic nitrogens is 1. The molecule has 0 aliphatic carbocycles. The molecule has 0 bridgehead atoms. The highest BCUT2D eigenvalue weighted by Gasteiger charge is 2.07. The van der Waals surface area contributed by atoms with Crippen LogP contribution < -0.4 is 0 Å². The quantitative estimate of drug-likeness (QED) is 0.714. The Morgan fingerprint density at radius 1 is 1.25 bits per heavy atom. The Balaban J connectivity index is 2.73. The Kier molecular flexibility index (Phi) is 2.73. The number of nitrogens with zero attached hydrogens (tertiary/aromatic N) is 1. The van der Waals surface area contributed by atoms with Gasteiger partial charge in [-0.05, 0) is 42.7 Å². The van der Waals surface area contributed by atoms with Crippen LogP contribution in [0.2, 0.25) is 0 Å². The third-order valence-corrected chi connectivity index (χ3v) is 2.80. The number of ketones is 1. The highest BCUT2D eigenvalue weighted by Crippen LogP contribution is 2.24. The first-order valence-electron chi connectivity index (χ1n) is 5.49. The molecule has 82 valence electrons. The summed E-state index contributed by atoms with van der Waals surface area (Å²) in [5, 5.41) is 1.09. The van der Waals surface area contributed by atoms with Crippen LogP contribution in [0, 0.1) is 0 Å². The molecular weight excluding hydrogens is 198 g/mol. The third-order valence-electron chi connectivity index (χ3n) is 2.80. The standard InChI is InChI=1S/C14H15NO/c1-9(2)12-6-7-15-14-5-4-11(10(3)16)8-13(12)14/h4-9H,1-3H3.